The summed E-state index contributed by atoms with van der Waals surface area (Å²) in [5.41, 5.74) is 4.05. The second-order valence-corrected chi connectivity index (χ2v) is 8.40. The fraction of sp³-hybridized carbons (Fsp3) is 0.286. The van der Waals surface area contributed by atoms with Crippen molar-refractivity contribution in [3.05, 3.63) is 48.2 Å². The van der Waals surface area contributed by atoms with Crippen LogP contribution >= 0.6 is 11.3 Å². The van der Waals surface area contributed by atoms with Crippen LogP contribution in [0.4, 0.5) is 10.8 Å². The number of amides is 1. The SMILES string of the molecule is Cc1ccc2nc(N3CCC(C(=O)Nc4ccc5cn[nH]c5c4)CC3)sc2c1. The van der Waals surface area contributed by atoms with Crippen molar-refractivity contribution in [2.24, 2.45) is 5.92 Å². The van der Waals surface area contributed by atoms with E-state index in [-0.39, 0.29) is 11.8 Å². The van der Waals surface area contributed by atoms with Crippen LogP contribution < -0.4 is 10.2 Å². The molecule has 6 nitrogen and oxygen atoms in total. The zero-order valence-electron chi connectivity index (χ0n) is 15.6. The molecule has 142 valence electrons. The van der Waals surface area contributed by atoms with E-state index in [2.05, 4.69) is 45.5 Å². The molecule has 2 N–H and O–H groups in total. The van der Waals surface area contributed by atoms with E-state index in [0.29, 0.717) is 0 Å². The summed E-state index contributed by atoms with van der Waals surface area (Å²) in [6, 6.07) is 12.2. The predicted octanol–water partition coefficient (Wildman–Crippen LogP) is 4.34. The van der Waals surface area contributed by atoms with Gasteiger partial charge in [0.05, 0.1) is 21.9 Å². The third kappa shape index (κ3) is 3.22. The molecule has 5 rings (SSSR count). The number of benzene rings is 2. The molecule has 2 aromatic carbocycles. The molecule has 28 heavy (non-hydrogen) atoms. The number of nitrogens with one attached hydrogen (secondary N) is 2. The van der Waals surface area contributed by atoms with Crippen LogP contribution in [0, 0.1) is 12.8 Å². The summed E-state index contributed by atoms with van der Waals surface area (Å²) in [5.74, 6) is 0.128. The van der Waals surface area contributed by atoms with Gasteiger partial charge in [0.2, 0.25) is 5.91 Å². The standard InChI is InChI=1S/C21H21N5OS/c1-13-2-5-17-19(10-13)28-21(24-17)26-8-6-14(7-9-26)20(27)23-16-4-3-15-12-22-25-18(15)11-16/h2-5,10-12,14H,6-9H2,1H3,(H,22,25)(H,23,27). The third-order valence-electron chi connectivity index (χ3n) is 5.38. The van der Waals surface area contributed by atoms with Gasteiger partial charge in [-0.3, -0.25) is 9.89 Å². The lowest BCUT2D eigenvalue weighted by Crippen LogP contribution is -2.38. The number of hydrogen-bond acceptors (Lipinski definition) is 5. The fourth-order valence-corrected chi connectivity index (χ4v) is 4.86. The quantitative estimate of drug-likeness (QED) is 0.545. The zero-order valence-corrected chi connectivity index (χ0v) is 16.4. The Labute approximate surface area is 166 Å². The lowest BCUT2D eigenvalue weighted by molar-refractivity contribution is -0.120. The predicted molar refractivity (Wildman–Crippen MR) is 114 cm³/mol. The Morgan fingerprint density at radius 1 is 1.21 bits per heavy atom. The Hall–Kier alpha value is -2.93. The number of thiazole rings is 1. The van der Waals surface area contributed by atoms with E-state index in [0.717, 1.165) is 53.2 Å². The van der Waals surface area contributed by atoms with Crippen LogP contribution in [0.25, 0.3) is 21.1 Å². The fourth-order valence-electron chi connectivity index (χ4n) is 3.75. The van der Waals surface area contributed by atoms with Gasteiger partial charge in [-0.25, -0.2) is 4.98 Å². The van der Waals surface area contributed by atoms with Crippen LogP contribution in [-0.2, 0) is 4.79 Å². The molecule has 0 radical (unpaired) electrons. The molecule has 0 bridgehead atoms. The molecule has 1 fully saturated rings. The average molecular weight is 392 g/mol. The minimum Gasteiger partial charge on any atom is -0.348 e. The van der Waals surface area contributed by atoms with Crippen LogP contribution in [0.5, 0.6) is 0 Å². The van der Waals surface area contributed by atoms with Gasteiger partial charge in [0.1, 0.15) is 0 Å². The largest absolute Gasteiger partial charge is 0.348 e. The van der Waals surface area contributed by atoms with Crippen molar-refractivity contribution in [2.45, 2.75) is 19.8 Å². The zero-order chi connectivity index (χ0) is 19.1. The Morgan fingerprint density at radius 3 is 2.93 bits per heavy atom. The van der Waals surface area contributed by atoms with Gasteiger partial charge in [0.15, 0.2) is 5.13 Å². The molecular formula is C21H21N5OS. The summed E-state index contributed by atoms with van der Waals surface area (Å²) in [4.78, 5) is 19.8. The number of aromatic nitrogens is 3. The number of aromatic amines is 1. The van der Waals surface area contributed by atoms with Gasteiger partial charge in [-0.2, -0.15) is 5.10 Å². The summed E-state index contributed by atoms with van der Waals surface area (Å²) < 4.78 is 1.23. The lowest BCUT2D eigenvalue weighted by Gasteiger charge is -2.31. The van der Waals surface area contributed by atoms with Gasteiger partial charge in [-0.1, -0.05) is 17.4 Å². The maximum absolute atomic E-state index is 12.7. The second kappa shape index (κ2) is 6.91. The highest BCUT2D eigenvalue weighted by molar-refractivity contribution is 7.22. The monoisotopic (exact) mass is 391 g/mol. The Balaban J connectivity index is 1.23. The maximum Gasteiger partial charge on any atom is 0.227 e. The van der Waals surface area contributed by atoms with Crippen LogP contribution in [-0.4, -0.2) is 34.2 Å². The van der Waals surface area contributed by atoms with Gasteiger partial charge in [0, 0.05) is 30.1 Å². The lowest BCUT2D eigenvalue weighted by atomic mass is 9.96. The molecule has 1 amide bonds. The topological polar surface area (TPSA) is 73.9 Å². The van der Waals surface area contributed by atoms with Crippen molar-refractivity contribution < 1.29 is 4.79 Å². The first kappa shape index (κ1) is 17.2. The van der Waals surface area contributed by atoms with E-state index in [1.165, 1.54) is 10.3 Å². The van der Waals surface area contributed by atoms with Crippen LogP contribution in [0.2, 0.25) is 0 Å². The van der Waals surface area contributed by atoms with Gasteiger partial charge in [-0.05, 0) is 55.7 Å². The summed E-state index contributed by atoms with van der Waals surface area (Å²) in [5, 5.41) is 12.1. The molecule has 4 aromatic rings. The molecule has 7 heteroatoms. The van der Waals surface area contributed by atoms with E-state index in [4.69, 9.17) is 4.98 Å². The maximum atomic E-state index is 12.7. The normalized spacial score (nSPS) is 15.4. The number of aryl methyl sites for hydroxylation is 1. The number of anilines is 2. The molecule has 3 heterocycles. The van der Waals surface area contributed by atoms with Crippen LogP contribution in [0.1, 0.15) is 18.4 Å². The number of nitrogens with zero attached hydrogens (tertiary/aromatic N) is 3. The van der Waals surface area contributed by atoms with E-state index in [1.54, 1.807) is 17.5 Å². The van der Waals surface area contributed by atoms with Gasteiger partial charge in [0.25, 0.3) is 0 Å². The first-order chi connectivity index (χ1) is 13.7. The Bertz CT molecular complexity index is 1160. The number of rotatable bonds is 3. The summed E-state index contributed by atoms with van der Waals surface area (Å²) >= 11 is 1.74. The van der Waals surface area contributed by atoms with Crippen LogP contribution in [0.3, 0.4) is 0 Å². The number of piperidine rings is 1. The van der Waals surface area contributed by atoms with Crippen molar-refractivity contribution >= 4 is 49.2 Å². The van der Waals surface area contributed by atoms with E-state index >= 15 is 0 Å². The van der Waals surface area contributed by atoms with E-state index < -0.39 is 0 Å². The van der Waals surface area contributed by atoms with Crippen molar-refractivity contribution in [2.75, 3.05) is 23.3 Å². The molecule has 0 atom stereocenters. The molecule has 0 aliphatic carbocycles. The number of fused-ring (bicyclic) bond motifs is 2. The van der Waals surface area contributed by atoms with Crippen molar-refractivity contribution in [3.8, 4) is 0 Å². The molecule has 1 saturated heterocycles. The number of H-pyrrole nitrogens is 1. The number of hydrogen-bond donors (Lipinski definition) is 2. The van der Waals surface area contributed by atoms with E-state index in [1.807, 2.05) is 18.2 Å². The highest BCUT2D eigenvalue weighted by Gasteiger charge is 2.26. The van der Waals surface area contributed by atoms with Gasteiger partial charge >= 0.3 is 0 Å². The molecule has 1 aliphatic rings. The molecular weight excluding hydrogens is 370 g/mol. The first-order valence-electron chi connectivity index (χ1n) is 9.52. The van der Waals surface area contributed by atoms with Crippen molar-refractivity contribution in [1.82, 2.24) is 15.2 Å². The second-order valence-electron chi connectivity index (χ2n) is 7.39. The third-order valence-corrected chi connectivity index (χ3v) is 6.46. The Kier molecular flexibility index (Phi) is 4.24. The van der Waals surface area contributed by atoms with Gasteiger partial charge < -0.3 is 10.2 Å². The minimum absolute atomic E-state index is 0.0327. The molecule has 2 aromatic heterocycles. The summed E-state index contributed by atoms with van der Waals surface area (Å²) in [6.45, 7) is 3.82. The highest BCUT2D eigenvalue weighted by Crippen LogP contribution is 2.32. The van der Waals surface area contributed by atoms with Crippen molar-refractivity contribution in [1.29, 1.82) is 0 Å². The summed E-state index contributed by atoms with van der Waals surface area (Å²) in [6.07, 6.45) is 3.46. The number of carbonyl (C=O) groups excluding carboxylic acids is 1. The summed E-state index contributed by atoms with van der Waals surface area (Å²) in [7, 11) is 0. The molecule has 1 aliphatic heterocycles. The van der Waals surface area contributed by atoms with Crippen molar-refractivity contribution in [3.63, 3.8) is 0 Å². The molecule has 0 unspecified atom stereocenters. The number of carbonyl (C=O) groups is 1. The Morgan fingerprint density at radius 2 is 2.07 bits per heavy atom. The highest BCUT2D eigenvalue weighted by atomic mass is 32.1. The smallest absolute Gasteiger partial charge is 0.227 e. The minimum atomic E-state index is 0.0327. The average Bonchev–Trinajstić information content (AvgIpc) is 3.34. The first-order valence-corrected chi connectivity index (χ1v) is 10.3. The van der Waals surface area contributed by atoms with Gasteiger partial charge in [-0.15, -0.1) is 0 Å². The molecule has 0 spiro atoms. The van der Waals surface area contributed by atoms with E-state index in [9.17, 15) is 4.79 Å². The molecule has 0 saturated carbocycles. The van der Waals surface area contributed by atoms with Crippen LogP contribution in [0.15, 0.2) is 42.6 Å².